The van der Waals surface area contributed by atoms with E-state index in [0.717, 1.165) is 21.9 Å². The molecule has 0 saturated heterocycles. The van der Waals surface area contributed by atoms with Crippen LogP contribution in [0, 0.1) is 0 Å². The topological polar surface area (TPSA) is 0 Å². The summed E-state index contributed by atoms with van der Waals surface area (Å²) in [6.07, 6.45) is 0. The summed E-state index contributed by atoms with van der Waals surface area (Å²) in [6.45, 7) is 5.45. The van der Waals surface area contributed by atoms with Gasteiger partial charge in [0.05, 0.1) is 41.1 Å². The molecule has 0 spiro atoms. The molecule has 0 unspecified atom stereocenters. The molecule has 226 valence electrons. The van der Waals surface area contributed by atoms with Crippen molar-refractivity contribution in [1.82, 2.24) is 0 Å². The Kier molecular flexibility index (Phi) is 53.4. The van der Waals surface area contributed by atoms with Crippen LogP contribution in [0.5, 0.6) is 0 Å². The summed E-state index contributed by atoms with van der Waals surface area (Å²) in [5.41, 5.74) is 1.50. The first-order valence-corrected chi connectivity index (χ1v) is 11.3. The van der Waals surface area contributed by atoms with Crippen molar-refractivity contribution in [2.45, 2.75) is 69.2 Å². The van der Waals surface area contributed by atoms with Crippen LogP contribution >= 0.6 is 0 Å². The van der Waals surface area contributed by atoms with Crippen molar-refractivity contribution < 1.29 is 26.3 Å². The van der Waals surface area contributed by atoms with Gasteiger partial charge in [-0.3, -0.25) is 26.3 Å². The molecule has 0 N–H and O–H groups in total. The molecule has 0 nitrogen and oxygen atoms in total. The molecule has 0 fully saturated rings. The fourth-order valence-electron chi connectivity index (χ4n) is 2.76. The van der Waals surface area contributed by atoms with Crippen LogP contribution in [0.4, 0.5) is 26.3 Å². The minimum absolute atomic E-state index is 0. The first kappa shape index (κ1) is 52.0. The third-order valence-corrected chi connectivity index (χ3v) is 4.28. The van der Waals surface area contributed by atoms with Crippen LogP contribution in [0.1, 0.15) is 80.4 Å². The first-order valence-electron chi connectivity index (χ1n) is 11.3. The van der Waals surface area contributed by atoms with E-state index in [9.17, 15) is 26.3 Å². The number of benzene rings is 3. The zero-order valence-electron chi connectivity index (χ0n) is 21.2. The van der Waals surface area contributed by atoms with Crippen molar-refractivity contribution in [3.8, 4) is 0 Å². The fourth-order valence-corrected chi connectivity index (χ4v) is 2.76. The molecule has 3 aromatic rings. The minimum Gasteiger partial charge on any atom is -0.255 e. The second-order valence-corrected chi connectivity index (χ2v) is 5.99. The maximum Gasteiger partial charge on any atom is 0.0988 e. The Balaban J connectivity index is -0.0000000753. The van der Waals surface area contributed by atoms with Gasteiger partial charge < -0.3 is 0 Å². The predicted molar refractivity (Wildman–Crippen MR) is 163 cm³/mol. The average Bonchev–Trinajstić information content (AvgIpc) is 2.96. The lowest BCUT2D eigenvalue weighted by Crippen LogP contribution is -2.03. The Bertz CT molecular complexity index is 768. The predicted octanol–water partition coefficient (Wildman–Crippen LogP) is 12.3. The van der Waals surface area contributed by atoms with E-state index in [1.165, 1.54) is 0 Å². The minimum atomic E-state index is -0.648. The summed E-state index contributed by atoms with van der Waals surface area (Å²) >= 11 is 0. The number of alkyl halides is 6. The maximum atomic E-state index is 12.6. The molecule has 0 amide bonds. The van der Waals surface area contributed by atoms with Crippen molar-refractivity contribution >= 4 is 10.8 Å². The summed E-state index contributed by atoms with van der Waals surface area (Å²) in [7, 11) is 1.00. The molecule has 0 bridgehead atoms. The molecule has 3 aromatic carbocycles. The molecule has 0 aliphatic heterocycles. The van der Waals surface area contributed by atoms with Crippen LogP contribution in [0.2, 0.25) is 0 Å². The first-order chi connectivity index (χ1) is 16.7. The van der Waals surface area contributed by atoms with E-state index in [1.807, 2.05) is 70.2 Å². The van der Waals surface area contributed by atoms with Gasteiger partial charge >= 0.3 is 0 Å². The molecule has 0 heterocycles. The number of fused-ring (bicyclic) bond motifs is 1. The molecule has 0 aromatic heterocycles. The van der Waals surface area contributed by atoms with Gasteiger partial charge in [0.1, 0.15) is 0 Å². The standard InChI is InChI=1S/C13H12F2.C9H10F2.2C2H6.2CH3F.4CH4/c14-8-11(9-15)13-7-3-5-10-4-1-2-6-12(10)13;10-6-9(7-11)8-4-2-1-3-5-8;4*1-2;;;;/h1-7,11H,8-9H2;1-5,9H,6-7H2;2*1-2H3;2*1H3;4*1H4. The Morgan fingerprint density at radius 1 is 0.474 bits per heavy atom. The van der Waals surface area contributed by atoms with Crippen molar-refractivity contribution in [2.75, 3.05) is 41.1 Å². The average molecular weight is 555 g/mol. The fraction of sp³-hybridized carbons (Fsp3) is 0.500. The highest BCUT2D eigenvalue weighted by Gasteiger charge is 2.13. The number of halogens is 6. The molecule has 6 heteroatoms. The zero-order chi connectivity index (χ0) is 26.8. The quantitative estimate of drug-likeness (QED) is 0.266. The van der Waals surface area contributed by atoms with Gasteiger partial charge in [-0.1, -0.05) is 130 Å². The van der Waals surface area contributed by atoms with Gasteiger partial charge in [-0.25, -0.2) is 0 Å². The molecule has 3 rings (SSSR count). The third kappa shape index (κ3) is 19.6. The highest BCUT2D eigenvalue weighted by molar-refractivity contribution is 5.86. The van der Waals surface area contributed by atoms with Crippen LogP contribution in [0.25, 0.3) is 10.8 Å². The van der Waals surface area contributed by atoms with Gasteiger partial charge in [0.2, 0.25) is 0 Å². The van der Waals surface area contributed by atoms with E-state index in [1.54, 1.807) is 30.3 Å². The molecular weight excluding hydrogens is 498 g/mol. The monoisotopic (exact) mass is 554 g/mol. The van der Waals surface area contributed by atoms with Gasteiger partial charge in [-0.05, 0) is 21.9 Å². The Hall–Kier alpha value is -2.50. The Morgan fingerprint density at radius 3 is 1.26 bits per heavy atom. The molecule has 0 saturated carbocycles. The highest BCUT2D eigenvalue weighted by atomic mass is 19.1. The Morgan fingerprint density at radius 2 is 0.842 bits per heavy atom. The number of hydrogen-bond donors (Lipinski definition) is 0. The van der Waals surface area contributed by atoms with Crippen molar-refractivity contribution in [2.24, 2.45) is 0 Å². The summed E-state index contributed by atoms with van der Waals surface area (Å²) in [6, 6.07) is 22.1. The normalized spacial score (nSPS) is 8.05. The van der Waals surface area contributed by atoms with E-state index in [-0.39, 0.29) is 29.7 Å². The SMILES string of the molecule is C.C.C.C.CC.CC.CF.CF.FCC(CF)c1cccc2ccccc12.FCC(CF)c1ccccc1. The lowest BCUT2D eigenvalue weighted by Gasteiger charge is -2.12. The summed E-state index contributed by atoms with van der Waals surface area (Å²) in [5.74, 6) is -1.20. The van der Waals surface area contributed by atoms with Gasteiger partial charge in [0.15, 0.2) is 0 Å². The van der Waals surface area contributed by atoms with Gasteiger partial charge in [0, 0.05) is 11.8 Å². The maximum absolute atomic E-state index is 12.6. The van der Waals surface area contributed by atoms with Gasteiger partial charge in [-0.15, -0.1) is 0 Å². The summed E-state index contributed by atoms with van der Waals surface area (Å²) in [5, 5.41) is 1.97. The van der Waals surface area contributed by atoms with Crippen LogP contribution in [0.15, 0.2) is 72.8 Å². The van der Waals surface area contributed by atoms with Crippen molar-refractivity contribution in [3.05, 3.63) is 83.9 Å². The summed E-state index contributed by atoms with van der Waals surface area (Å²) < 4.78 is 68.5. The van der Waals surface area contributed by atoms with E-state index in [0.29, 0.717) is 14.4 Å². The van der Waals surface area contributed by atoms with E-state index >= 15 is 0 Å². The molecule has 38 heavy (non-hydrogen) atoms. The summed E-state index contributed by atoms with van der Waals surface area (Å²) in [4.78, 5) is 0. The largest absolute Gasteiger partial charge is 0.255 e. The lowest BCUT2D eigenvalue weighted by atomic mass is 9.95. The van der Waals surface area contributed by atoms with Crippen LogP contribution < -0.4 is 0 Å². The second kappa shape index (κ2) is 39.0. The van der Waals surface area contributed by atoms with Gasteiger partial charge in [0.25, 0.3) is 0 Å². The zero-order valence-corrected chi connectivity index (χ0v) is 21.2. The Labute approximate surface area is 231 Å². The number of hydrogen-bond acceptors (Lipinski definition) is 0. The highest BCUT2D eigenvalue weighted by Crippen LogP contribution is 2.26. The van der Waals surface area contributed by atoms with Crippen LogP contribution in [-0.4, -0.2) is 41.1 Å². The molecule has 0 aliphatic rings. The van der Waals surface area contributed by atoms with Gasteiger partial charge in [-0.2, -0.15) is 0 Å². The second-order valence-electron chi connectivity index (χ2n) is 5.99. The van der Waals surface area contributed by atoms with E-state index < -0.39 is 38.5 Å². The van der Waals surface area contributed by atoms with E-state index in [4.69, 9.17) is 0 Å². The molecule has 0 aliphatic carbocycles. The smallest absolute Gasteiger partial charge is 0.0988 e. The van der Waals surface area contributed by atoms with Crippen LogP contribution in [0.3, 0.4) is 0 Å². The van der Waals surface area contributed by atoms with Crippen LogP contribution in [-0.2, 0) is 0 Å². The third-order valence-electron chi connectivity index (χ3n) is 4.28. The van der Waals surface area contributed by atoms with Crippen molar-refractivity contribution in [3.63, 3.8) is 0 Å². The molecule has 0 radical (unpaired) electrons. The molecular formula is C32H56F6. The number of rotatable bonds is 6. The van der Waals surface area contributed by atoms with Crippen molar-refractivity contribution in [1.29, 1.82) is 0 Å². The van der Waals surface area contributed by atoms with E-state index in [2.05, 4.69) is 0 Å². The lowest BCUT2D eigenvalue weighted by molar-refractivity contribution is 0.353. The molecule has 0 atom stereocenters.